The number of aromatic nitrogens is 5. The van der Waals surface area contributed by atoms with Crippen LogP contribution in [0.1, 0.15) is 48.8 Å². The molecule has 1 aliphatic heterocycles. The lowest BCUT2D eigenvalue weighted by molar-refractivity contribution is 0.0839. The summed E-state index contributed by atoms with van der Waals surface area (Å²) in [6, 6.07) is 2.60. The van der Waals surface area contributed by atoms with E-state index in [0.717, 1.165) is 18.5 Å². The zero-order valence-electron chi connectivity index (χ0n) is 20.0. The summed E-state index contributed by atoms with van der Waals surface area (Å²) >= 11 is 0. The molecule has 3 aromatic heterocycles. The molecule has 1 saturated heterocycles. The van der Waals surface area contributed by atoms with E-state index in [1.807, 2.05) is 11.8 Å². The first kappa shape index (κ1) is 24.7. The number of aliphatic hydroxyl groups excluding tert-OH is 1. The predicted molar refractivity (Wildman–Crippen MR) is 126 cm³/mol. The van der Waals surface area contributed by atoms with E-state index in [2.05, 4.69) is 30.5 Å². The van der Waals surface area contributed by atoms with Crippen LogP contribution in [0.15, 0.2) is 18.3 Å². The van der Waals surface area contributed by atoms with Gasteiger partial charge in [-0.3, -0.25) is 9.89 Å². The molecular formula is C23H30FN7O4. The van der Waals surface area contributed by atoms with Gasteiger partial charge in [0.05, 0.1) is 24.3 Å². The number of aliphatic hydroxyl groups is 1. The van der Waals surface area contributed by atoms with Gasteiger partial charge in [-0.15, -0.1) is 0 Å². The number of pyridine rings is 1. The third-order valence-electron chi connectivity index (χ3n) is 5.94. The number of ether oxygens (including phenoxy) is 2. The SMILES string of the molecule is COC[C@@H](C)Oc1nc(C(=O)N[C@H](C)CO)cc(N2CCC(c3[nH]nc4nccc(F)c34)CC2)n1. The van der Waals surface area contributed by atoms with E-state index in [0.29, 0.717) is 36.5 Å². The van der Waals surface area contributed by atoms with Gasteiger partial charge in [-0.1, -0.05) is 0 Å². The standard InChI is InChI=1S/C23H30FN7O4/c1-13(11-32)26-22(33)17-10-18(28-23(27-17)35-14(2)12-34-3)31-8-5-15(6-9-31)20-19-16(24)4-7-25-21(19)30-29-20/h4,7,10,13-15,32H,5-6,8-9,11-12H2,1-3H3,(H,26,33)(H,25,29,30)/t13-,14-/m1/s1. The molecule has 3 N–H and O–H groups in total. The molecule has 1 amide bonds. The van der Waals surface area contributed by atoms with Gasteiger partial charge in [-0.05, 0) is 32.8 Å². The van der Waals surface area contributed by atoms with E-state index in [1.165, 1.54) is 12.3 Å². The molecule has 4 rings (SSSR count). The first-order chi connectivity index (χ1) is 16.9. The summed E-state index contributed by atoms with van der Waals surface area (Å²) in [6.45, 7) is 4.92. The van der Waals surface area contributed by atoms with Crippen LogP contribution in [0.4, 0.5) is 10.2 Å². The second-order valence-corrected chi connectivity index (χ2v) is 8.72. The highest BCUT2D eigenvalue weighted by atomic mass is 19.1. The molecule has 0 spiro atoms. The number of nitrogens with one attached hydrogen (secondary N) is 2. The van der Waals surface area contributed by atoms with Crippen molar-refractivity contribution in [1.82, 2.24) is 30.5 Å². The monoisotopic (exact) mass is 487 g/mol. The Balaban J connectivity index is 1.54. The van der Waals surface area contributed by atoms with Crippen LogP contribution in [-0.4, -0.2) is 81.7 Å². The van der Waals surface area contributed by atoms with Crippen LogP contribution in [0.3, 0.4) is 0 Å². The summed E-state index contributed by atoms with van der Waals surface area (Å²) in [5.74, 6) is -0.123. The molecule has 0 saturated carbocycles. The minimum absolute atomic E-state index is 0.0729. The lowest BCUT2D eigenvalue weighted by Gasteiger charge is -2.32. The number of carbonyl (C=O) groups excluding carboxylic acids is 1. The van der Waals surface area contributed by atoms with Gasteiger partial charge < -0.3 is 24.8 Å². The number of fused-ring (bicyclic) bond motifs is 1. The number of methoxy groups -OCH3 is 1. The fourth-order valence-electron chi connectivity index (χ4n) is 4.16. The molecule has 12 heteroatoms. The van der Waals surface area contributed by atoms with E-state index in [1.54, 1.807) is 20.1 Å². The Morgan fingerprint density at radius 1 is 1.34 bits per heavy atom. The topological polar surface area (TPSA) is 138 Å². The van der Waals surface area contributed by atoms with Crippen LogP contribution < -0.4 is 15.0 Å². The number of amides is 1. The number of carbonyl (C=O) groups is 1. The molecule has 1 aliphatic rings. The van der Waals surface area contributed by atoms with Crippen molar-refractivity contribution in [1.29, 1.82) is 0 Å². The maximum absolute atomic E-state index is 14.4. The summed E-state index contributed by atoms with van der Waals surface area (Å²) in [6.07, 6.45) is 2.55. The lowest BCUT2D eigenvalue weighted by Crippen LogP contribution is -2.37. The molecule has 0 radical (unpaired) electrons. The number of halogens is 1. The van der Waals surface area contributed by atoms with Crippen molar-refractivity contribution in [3.05, 3.63) is 35.5 Å². The molecule has 3 aromatic rings. The predicted octanol–water partition coefficient (Wildman–Crippen LogP) is 1.80. The number of nitrogens with zero attached hydrogens (tertiary/aromatic N) is 5. The average Bonchev–Trinajstić information content (AvgIpc) is 3.29. The average molecular weight is 488 g/mol. The molecule has 0 aliphatic carbocycles. The van der Waals surface area contributed by atoms with Crippen LogP contribution in [0.5, 0.6) is 6.01 Å². The van der Waals surface area contributed by atoms with Crippen molar-refractivity contribution in [2.45, 2.75) is 44.8 Å². The van der Waals surface area contributed by atoms with Crippen molar-refractivity contribution in [2.24, 2.45) is 0 Å². The quantitative estimate of drug-likeness (QED) is 0.412. The Labute approximate surface area is 202 Å². The molecular weight excluding hydrogens is 457 g/mol. The van der Waals surface area contributed by atoms with Gasteiger partial charge in [-0.2, -0.15) is 15.1 Å². The third kappa shape index (κ3) is 5.65. The molecule has 0 bridgehead atoms. The Hall–Kier alpha value is -3.38. The summed E-state index contributed by atoms with van der Waals surface area (Å²) in [7, 11) is 1.57. The fraction of sp³-hybridized carbons (Fsp3) is 0.522. The highest BCUT2D eigenvalue weighted by Gasteiger charge is 2.27. The highest BCUT2D eigenvalue weighted by Crippen LogP contribution is 2.33. The van der Waals surface area contributed by atoms with Crippen LogP contribution in [0.25, 0.3) is 11.0 Å². The maximum Gasteiger partial charge on any atom is 0.319 e. The van der Waals surface area contributed by atoms with Crippen LogP contribution in [0, 0.1) is 5.82 Å². The summed E-state index contributed by atoms with van der Waals surface area (Å²) in [5, 5.41) is 19.5. The minimum atomic E-state index is -0.429. The number of hydrogen-bond acceptors (Lipinski definition) is 9. The maximum atomic E-state index is 14.4. The van der Waals surface area contributed by atoms with Gasteiger partial charge in [0.2, 0.25) is 0 Å². The van der Waals surface area contributed by atoms with E-state index < -0.39 is 11.9 Å². The number of H-pyrrole nitrogens is 1. The number of hydrogen-bond donors (Lipinski definition) is 3. The van der Waals surface area contributed by atoms with Crippen molar-refractivity contribution < 1.29 is 23.8 Å². The molecule has 4 heterocycles. The highest BCUT2D eigenvalue weighted by molar-refractivity contribution is 5.93. The van der Waals surface area contributed by atoms with Crippen molar-refractivity contribution in [3.63, 3.8) is 0 Å². The zero-order valence-corrected chi connectivity index (χ0v) is 20.0. The van der Waals surface area contributed by atoms with Crippen molar-refractivity contribution in [3.8, 4) is 6.01 Å². The second kappa shape index (κ2) is 10.9. The number of piperidine rings is 1. The van der Waals surface area contributed by atoms with Crippen molar-refractivity contribution in [2.75, 3.05) is 38.3 Å². The number of anilines is 1. The van der Waals surface area contributed by atoms with Crippen LogP contribution in [-0.2, 0) is 4.74 Å². The van der Waals surface area contributed by atoms with E-state index in [-0.39, 0.29) is 36.2 Å². The zero-order chi connectivity index (χ0) is 24.9. The first-order valence-corrected chi connectivity index (χ1v) is 11.6. The van der Waals surface area contributed by atoms with Gasteiger partial charge >= 0.3 is 6.01 Å². The van der Waals surface area contributed by atoms with E-state index in [4.69, 9.17) is 9.47 Å². The normalized spacial score (nSPS) is 16.3. The summed E-state index contributed by atoms with van der Waals surface area (Å²) in [5.41, 5.74) is 1.27. The lowest BCUT2D eigenvalue weighted by atomic mass is 9.92. The van der Waals surface area contributed by atoms with Crippen molar-refractivity contribution >= 4 is 22.8 Å². The van der Waals surface area contributed by atoms with Crippen LogP contribution >= 0.6 is 0 Å². The minimum Gasteiger partial charge on any atom is -0.458 e. The molecule has 1 fully saturated rings. The Morgan fingerprint density at radius 2 is 2.11 bits per heavy atom. The Kier molecular flexibility index (Phi) is 7.71. The number of aromatic amines is 1. The largest absolute Gasteiger partial charge is 0.458 e. The second-order valence-electron chi connectivity index (χ2n) is 8.72. The molecule has 2 atom stereocenters. The first-order valence-electron chi connectivity index (χ1n) is 11.6. The Bertz CT molecular complexity index is 1170. The van der Waals surface area contributed by atoms with E-state index >= 15 is 0 Å². The van der Waals surface area contributed by atoms with E-state index in [9.17, 15) is 14.3 Å². The molecule has 0 aromatic carbocycles. The molecule has 188 valence electrons. The van der Waals surface area contributed by atoms with Gasteiger partial charge in [0.1, 0.15) is 23.4 Å². The Morgan fingerprint density at radius 3 is 2.83 bits per heavy atom. The number of rotatable bonds is 9. The molecule has 35 heavy (non-hydrogen) atoms. The summed E-state index contributed by atoms with van der Waals surface area (Å²) < 4.78 is 25.3. The summed E-state index contributed by atoms with van der Waals surface area (Å²) in [4.78, 5) is 27.7. The van der Waals surface area contributed by atoms with Gasteiger partial charge in [0.25, 0.3) is 5.91 Å². The smallest absolute Gasteiger partial charge is 0.319 e. The van der Waals surface area contributed by atoms with Gasteiger partial charge in [0.15, 0.2) is 5.65 Å². The molecule has 11 nitrogen and oxygen atoms in total. The van der Waals surface area contributed by atoms with Crippen LogP contribution in [0.2, 0.25) is 0 Å². The van der Waals surface area contributed by atoms with Gasteiger partial charge in [-0.25, -0.2) is 9.37 Å². The van der Waals surface area contributed by atoms with Gasteiger partial charge in [0, 0.05) is 44.4 Å². The molecule has 0 unspecified atom stereocenters. The third-order valence-corrected chi connectivity index (χ3v) is 5.94. The fourth-order valence-corrected chi connectivity index (χ4v) is 4.16.